The molecule has 2 bridgehead atoms. The Hall–Kier alpha value is -0.610. The number of hydrogen-bond donors (Lipinski definition) is 1. The minimum atomic E-state index is 0.171. The highest BCUT2D eigenvalue weighted by molar-refractivity contribution is 5.76. The molecule has 0 radical (unpaired) electrons. The maximum Gasteiger partial charge on any atom is 0.226 e. The zero-order valence-electron chi connectivity index (χ0n) is 8.25. The number of fused-ring (bicyclic) bond motifs is 2. The summed E-state index contributed by atoms with van der Waals surface area (Å²) in [5.74, 6) is 0.171. The number of carbonyl (C=O) groups excluding carboxylic acids is 1. The van der Waals surface area contributed by atoms with Crippen LogP contribution in [0.1, 0.15) is 6.42 Å². The lowest BCUT2D eigenvalue weighted by molar-refractivity contribution is -0.944. The topological polar surface area (TPSA) is 38.3 Å². The molecule has 2 aliphatic heterocycles. The first-order chi connectivity index (χ1) is 6.10. The van der Waals surface area contributed by atoms with Gasteiger partial charge >= 0.3 is 0 Å². The van der Waals surface area contributed by atoms with Crippen molar-refractivity contribution >= 4 is 5.91 Å². The molecule has 2 heterocycles. The number of rotatable bonds is 0. The third kappa shape index (κ3) is 1.44. The van der Waals surface area contributed by atoms with Gasteiger partial charge in [0, 0.05) is 0 Å². The van der Waals surface area contributed by atoms with E-state index in [9.17, 15) is 4.79 Å². The summed E-state index contributed by atoms with van der Waals surface area (Å²) in [5.41, 5.74) is 0. The molecule has 0 saturated carbocycles. The van der Waals surface area contributed by atoms with Crippen LogP contribution in [0.25, 0.3) is 0 Å². The molecule has 0 spiro atoms. The molecule has 4 nitrogen and oxygen atoms in total. The highest BCUT2D eigenvalue weighted by atomic mass is 16.5. The molecule has 0 aromatic heterocycles. The zero-order valence-corrected chi connectivity index (χ0v) is 8.25. The highest BCUT2D eigenvalue weighted by Gasteiger charge is 2.43. The van der Waals surface area contributed by atoms with Gasteiger partial charge < -0.3 is 14.5 Å². The van der Waals surface area contributed by atoms with Gasteiger partial charge in [-0.3, -0.25) is 4.79 Å². The average Bonchev–Trinajstić information content (AvgIpc) is 2.17. The molecule has 1 amide bonds. The van der Waals surface area contributed by atoms with Gasteiger partial charge in [-0.25, -0.2) is 0 Å². The average molecular weight is 185 g/mol. The van der Waals surface area contributed by atoms with Crippen LogP contribution in [0.2, 0.25) is 0 Å². The number of quaternary nitrogens is 1. The van der Waals surface area contributed by atoms with E-state index in [0.717, 1.165) is 24.2 Å². The van der Waals surface area contributed by atoms with Crippen LogP contribution in [0, 0.1) is 0 Å². The maximum atomic E-state index is 11.3. The van der Waals surface area contributed by atoms with Crippen molar-refractivity contribution in [3.63, 3.8) is 0 Å². The fourth-order valence-electron chi connectivity index (χ4n) is 2.13. The Balaban J connectivity index is 2.24. The molecule has 13 heavy (non-hydrogen) atoms. The van der Waals surface area contributed by atoms with Crippen molar-refractivity contribution in [1.82, 2.24) is 5.32 Å². The minimum absolute atomic E-state index is 0.171. The number of ether oxygens (including phenoxy) is 1. The number of hydrogen-bond acceptors (Lipinski definition) is 2. The van der Waals surface area contributed by atoms with Crippen molar-refractivity contribution in [2.24, 2.45) is 0 Å². The Morgan fingerprint density at radius 1 is 1.38 bits per heavy atom. The van der Waals surface area contributed by atoms with Crippen LogP contribution in [0.15, 0.2) is 0 Å². The first kappa shape index (κ1) is 8.97. The van der Waals surface area contributed by atoms with Gasteiger partial charge in [0.2, 0.25) is 5.91 Å². The van der Waals surface area contributed by atoms with E-state index in [1.165, 1.54) is 0 Å². The maximum absolute atomic E-state index is 11.3. The van der Waals surface area contributed by atoms with E-state index < -0.39 is 0 Å². The summed E-state index contributed by atoms with van der Waals surface area (Å²) in [7, 11) is 4.39. The van der Waals surface area contributed by atoms with Crippen LogP contribution < -0.4 is 5.32 Å². The van der Waals surface area contributed by atoms with E-state index in [2.05, 4.69) is 19.4 Å². The monoisotopic (exact) mass is 185 g/mol. The third-order valence-corrected chi connectivity index (χ3v) is 3.46. The summed E-state index contributed by atoms with van der Waals surface area (Å²) in [4.78, 5) is 11.3. The minimum Gasteiger partial charge on any atom is -0.369 e. The van der Waals surface area contributed by atoms with E-state index >= 15 is 0 Å². The molecule has 2 atom stereocenters. The van der Waals surface area contributed by atoms with E-state index in [1.807, 2.05) is 0 Å². The molecule has 2 aliphatic rings. The summed E-state index contributed by atoms with van der Waals surface area (Å²) in [5, 5.41) is 2.94. The second-order valence-corrected chi connectivity index (χ2v) is 4.48. The van der Waals surface area contributed by atoms with Crippen molar-refractivity contribution in [2.75, 3.05) is 33.9 Å². The summed E-state index contributed by atoms with van der Waals surface area (Å²) in [6.07, 6.45) is 0.601. The zero-order chi connectivity index (χ0) is 9.47. The molecule has 4 heteroatoms. The van der Waals surface area contributed by atoms with Crippen LogP contribution in [0.4, 0.5) is 0 Å². The molecular formula is C9H17N2O2+. The summed E-state index contributed by atoms with van der Waals surface area (Å²) in [6, 6.07) is 0.756. The predicted octanol–water partition coefficient (Wildman–Crippen LogP) is -0.650. The van der Waals surface area contributed by atoms with Crippen LogP contribution >= 0.6 is 0 Å². The second-order valence-electron chi connectivity index (χ2n) is 4.48. The summed E-state index contributed by atoms with van der Waals surface area (Å²) < 4.78 is 6.41. The Labute approximate surface area is 78.4 Å². The largest absolute Gasteiger partial charge is 0.369 e. The lowest BCUT2D eigenvalue weighted by Gasteiger charge is -2.45. The first-order valence-electron chi connectivity index (χ1n) is 4.78. The van der Waals surface area contributed by atoms with Crippen LogP contribution in [-0.2, 0) is 9.53 Å². The van der Waals surface area contributed by atoms with E-state index in [4.69, 9.17) is 4.74 Å². The second kappa shape index (κ2) is 2.96. The smallest absolute Gasteiger partial charge is 0.226 e. The molecule has 2 fully saturated rings. The number of nitrogens with one attached hydrogen (secondary N) is 1. The number of morpholine rings is 1. The van der Waals surface area contributed by atoms with Gasteiger partial charge in [-0.2, -0.15) is 0 Å². The van der Waals surface area contributed by atoms with Gasteiger partial charge in [0.15, 0.2) is 0 Å². The number of carbonyl (C=O) groups is 1. The quantitative estimate of drug-likeness (QED) is 0.509. The highest BCUT2D eigenvalue weighted by Crippen LogP contribution is 2.23. The molecule has 74 valence electrons. The molecule has 2 rings (SSSR count). The Morgan fingerprint density at radius 3 is 2.85 bits per heavy atom. The predicted molar refractivity (Wildman–Crippen MR) is 48.1 cm³/mol. The normalized spacial score (nSPS) is 37.8. The first-order valence-corrected chi connectivity index (χ1v) is 4.78. The standard InChI is InChI=1S/C9H16N2O2/c1-11(2)7-3-9(12)10-4-8(11)6-13-5-7/h7-8H,3-6H2,1-2H3/p+1/t7-,8-/m0/s1. The van der Waals surface area contributed by atoms with Crippen molar-refractivity contribution in [3.8, 4) is 0 Å². The summed E-state index contributed by atoms with van der Waals surface area (Å²) in [6.45, 7) is 2.24. The van der Waals surface area contributed by atoms with Crippen molar-refractivity contribution in [3.05, 3.63) is 0 Å². The van der Waals surface area contributed by atoms with Crippen molar-refractivity contribution < 1.29 is 14.0 Å². The summed E-state index contributed by atoms with van der Waals surface area (Å²) >= 11 is 0. The third-order valence-electron chi connectivity index (χ3n) is 3.46. The Morgan fingerprint density at radius 2 is 2.08 bits per heavy atom. The molecule has 1 N–H and O–H groups in total. The lowest BCUT2D eigenvalue weighted by Crippen LogP contribution is -2.63. The van der Waals surface area contributed by atoms with E-state index in [1.54, 1.807) is 0 Å². The van der Waals surface area contributed by atoms with E-state index in [-0.39, 0.29) is 5.91 Å². The fraction of sp³-hybridized carbons (Fsp3) is 0.889. The SMILES string of the molecule is C[N+]1(C)[C@@H]2COC[C@@H]1CNC(=O)C2. The number of amides is 1. The van der Waals surface area contributed by atoms with Crippen LogP contribution in [0.5, 0.6) is 0 Å². The van der Waals surface area contributed by atoms with Crippen molar-refractivity contribution in [2.45, 2.75) is 18.5 Å². The van der Waals surface area contributed by atoms with Gasteiger partial charge in [0.05, 0.1) is 33.7 Å². The van der Waals surface area contributed by atoms with Crippen LogP contribution in [0.3, 0.4) is 0 Å². The molecule has 0 aliphatic carbocycles. The van der Waals surface area contributed by atoms with Gasteiger partial charge in [-0.15, -0.1) is 0 Å². The Kier molecular flexibility index (Phi) is 2.04. The molecule has 0 aromatic carbocycles. The van der Waals surface area contributed by atoms with Gasteiger partial charge in [0.25, 0.3) is 0 Å². The van der Waals surface area contributed by atoms with Gasteiger partial charge in [-0.1, -0.05) is 0 Å². The molecular weight excluding hydrogens is 168 g/mol. The number of likely N-dealkylation sites (N-methyl/N-ethyl adjacent to an activating group) is 1. The van der Waals surface area contributed by atoms with Gasteiger partial charge in [0.1, 0.15) is 18.7 Å². The lowest BCUT2D eigenvalue weighted by atomic mass is 10.1. The van der Waals surface area contributed by atoms with E-state index in [0.29, 0.717) is 18.5 Å². The molecule has 0 unspecified atom stereocenters. The molecule has 2 saturated heterocycles. The van der Waals surface area contributed by atoms with Crippen LogP contribution in [-0.4, -0.2) is 56.3 Å². The molecule has 0 aromatic rings. The number of nitrogens with zero attached hydrogens (tertiary/aromatic N) is 1. The fourth-order valence-corrected chi connectivity index (χ4v) is 2.13. The Bertz CT molecular complexity index is 228. The van der Waals surface area contributed by atoms with Gasteiger partial charge in [-0.05, 0) is 0 Å². The van der Waals surface area contributed by atoms with Crippen molar-refractivity contribution in [1.29, 1.82) is 0 Å².